The number of nitrogens with one attached hydrogen (secondary N) is 1. The number of carboxylic acid groups (broad SMARTS) is 1. The van der Waals surface area contributed by atoms with Crippen molar-refractivity contribution in [1.29, 1.82) is 0 Å². The van der Waals surface area contributed by atoms with E-state index in [1.807, 2.05) is 0 Å². The topological polar surface area (TPSA) is 66.4 Å². The third-order valence-electron chi connectivity index (χ3n) is 6.74. The van der Waals surface area contributed by atoms with E-state index in [1.165, 1.54) is 77.0 Å². The molecule has 0 aromatic rings. The summed E-state index contributed by atoms with van der Waals surface area (Å²) in [5.41, 5.74) is 0. The van der Waals surface area contributed by atoms with Gasteiger partial charge in [-0.1, -0.05) is 96.8 Å². The van der Waals surface area contributed by atoms with Gasteiger partial charge in [0.1, 0.15) is 11.8 Å². The second kappa shape index (κ2) is 18.8. The number of unbranched alkanes of at least 4 members (excludes halogenated alkanes) is 12. The second-order valence-electron chi connectivity index (χ2n) is 9.50. The van der Waals surface area contributed by atoms with E-state index in [2.05, 4.69) is 12.2 Å². The molecular formula is C26H49NO3. The lowest BCUT2D eigenvalue weighted by molar-refractivity contribution is -0.139. The minimum atomic E-state index is -0.691. The van der Waals surface area contributed by atoms with Crippen molar-refractivity contribution in [3.63, 3.8) is 0 Å². The average molecular weight is 424 g/mol. The molecule has 0 spiro atoms. The van der Waals surface area contributed by atoms with Gasteiger partial charge in [0, 0.05) is 12.8 Å². The first-order valence-corrected chi connectivity index (χ1v) is 13.1. The Morgan fingerprint density at radius 3 is 2.00 bits per heavy atom. The molecule has 1 aliphatic rings. The number of carboxylic acids is 1. The monoisotopic (exact) mass is 423 g/mol. The van der Waals surface area contributed by atoms with Crippen LogP contribution < -0.4 is 5.32 Å². The van der Waals surface area contributed by atoms with Crippen LogP contribution >= 0.6 is 0 Å². The van der Waals surface area contributed by atoms with Gasteiger partial charge in [-0.25, -0.2) is 0 Å². The molecule has 0 amide bonds. The fourth-order valence-corrected chi connectivity index (χ4v) is 4.62. The molecular weight excluding hydrogens is 374 g/mol. The molecule has 1 aliphatic carbocycles. The van der Waals surface area contributed by atoms with Gasteiger partial charge in [-0.15, -0.1) is 0 Å². The fraction of sp³-hybridized carbons (Fsp3) is 0.923. The van der Waals surface area contributed by atoms with Gasteiger partial charge >= 0.3 is 5.97 Å². The summed E-state index contributed by atoms with van der Waals surface area (Å²) in [7, 11) is 0. The Labute approximate surface area is 186 Å². The number of hydrogen-bond acceptors (Lipinski definition) is 3. The lowest BCUT2D eigenvalue weighted by Crippen LogP contribution is -2.37. The molecule has 1 unspecified atom stereocenters. The van der Waals surface area contributed by atoms with Gasteiger partial charge in [0.15, 0.2) is 0 Å². The van der Waals surface area contributed by atoms with E-state index in [1.54, 1.807) is 0 Å². The maximum Gasteiger partial charge on any atom is 0.320 e. The normalized spacial score (nSPS) is 16.1. The summed E-state index contributed by atoms with van der Waals surface area (Å²) < 4.78 is 0. The maximum absolute atomic E-state index is 11.4. The zero-order valence-corrected chi connectivity index (χ0v) is 19.8. The molecule has 1 saturated carbocycles. The third kappa shape index (κ3) is 15.0. The first kappa shape index (κ1) is 27.1. The average Bonchev–Trinajstić information content (AvgIpc) is 2.74. The highest BCUT2D eigenvalue weighted by molar-refractivity contribution is 5.79. The fourth-order valence-electron chi connectivity index (χ4n) is 4.62. The Morgan fingerprint density at radius 1 is 0.867 bits per heavy atom. The lowest BCUT2D eigenvalue weighted by Gasteiger charge is -2.20. The van der Waals surface area contributed by atoms with Gasteiger partial charge in [-0.2, -0.15) is 0 Å². The maximum atomic E-state index is 11.4. The minimum absolute atomic E-state index is 0.363. The van der Waals surface area contributed by atoms with Crippen molar-refractivity contribution in [2.45, 2.75) is 141 Å². The quantitative estimate of drug-likeness (QED) is 0.206. The van der Waals surface area contributed by atoms with Crippen molar-refractivity contribution < 1.29 is 14.7 Å². The SMILES string of the molecule is CCCCCCCCC(NCCCCCCCCCCC1CCC(=O)CC1)C(=O)O. The second-order valence-corrected chi connectivity index (χ2v) is 9.50. The van der Waals surface area contributed by atoms with Crippen LogP contribution in [0.5, 0.6) is 0 Å². The van der Waals surface area contributed by atoms with E-state index in [9.17, 15) is 14.7 Å². The van der Waals surface area contributed by atoms with Crippen LogP contribution in [0.4, 0.5) is 0 Å². The molecule has 2 N–H and O–H groups in total. The predicted octanol–water partition coefficient (Wildman–Crippen LogP) is 7.05. The minimum Gasteiger partial charge on any atom is -0.480 e. The smallest absolute Gasteiger partial charge is 0.320 e. The van der Waals surface area contributed by atoms with Crippen LogP contribution in [-0.4, -0.2) is 29.4 Å². The summed E-state index contributed by atoms with van der Waals surface area (Å²) in [5.74, 6) is 0.590. The predicted molar refractivity (Wildman–Crippen MR) is 126 cm³/mol. The zero-order valence-electron chi connectivity index (χ0n) is 19.8. The van der Waals surface area contributed by atoms with Crippen molar-refractivity contribution in [1.82, 2.24) is 5.32 Å². The molecule has 0 radical (unpaired) electrons. The van der Waals surface area contributed by atoms with Gasteiger partial charge in [0.25, 0.3) is 0 Å². The van der Waals surface area contributed by atoms with Crippen molar-refractivity contribution in [2.24, 2.45) is 5.92 Å². The number of carbonyl (C=O) groups is 2. The van der Waals surface area contributed by atoms with Crippen LogP contribution in [0.3, 0.4) is 0 Å². The number of hydrogen-bond donors (Lipinski definition) is 2. The molecule has 1 rings (SSSR count). The Kier molecular flexibility index (Phi) is 17.0. The first-order chi connectivity index (χ1) is 14.6. The Hall–Kier alpha value is -0.900. The Balaban J connectivity index is 1.86. The summed E-state index contributed by atoms with van der Waals surface area (Å²) >= 11 is 0. The summed E-state index contributed by atoms with van der Waals surface area (Å²) in [6, 6.07) is -0.363. The molecule has 0 aliphatic heterocycles. The van der Waals surface area contributed by atoms with Gasteiger partial charge in [0.2, 0.25) is 0 Å². The Morgan fingerprint density at radius 2 is 1.40 bits per heavy atom. The summed E-state index contributed by atoms with van der Waals surface area (Å²) in [5, 5.41) is 12.6. The van der Waals surface area contributed by atoms with Crippen LogP contribution in [0.1, 0.15) is 135 Å². The number of carbonyl (C=O) groups excluding carboxylic acids is 1. The first-order valence-electron chi connectivity index (χ1n) is 13.1. The van der Waals surface area contributed by atoms with E-state index < -0.39 is 5.97 Å². The molecule has 176 valence electrons. The van der Waals surface area contributed by atoms with E-state index in [0.717, 1.165) is 63.8 Å². The molecule has 30 heavy (non-hydrogen) atoms. The van der Waals surface area contributed by atoms with E-state index in [-0.39, 0.29) is 6.04 Å². The van der Waals surface area contributed by atoms with Crippen molar-refractivity contribution >= 4 is 11.8 Å². The van der Waals surface area contributed by atoms with E-state index in [4.69, 9.17) is 0 Å². The van der Waals surface area contributed by atoms with Crippen LogP contribution in [0, 0.1) is 5.92 Å². The molecule has 1 fully saturated rings. The zero-order chi connectivity index (χ0) is 21.9. The van der Waals surface area contributed by atoms with E-state index in [0.29, 0.717) is 5.78 Å². The molecule has 4 nitrogen and oxygen atoms in total. The number of rotatable bonds is 20. The van der Waals surface area contributed by atoms with Crippen LogP contribution in [0.2, 0.25) is 0 Å². The summed E-state index contributed by atoms with van der Waals surface area (Å²) in [4.78, 5) is 22.7. The molecule has 4 heteroatoms. The number of ketones is 1. The highest BCUT2D eigenvalue weighted by atomic mass is 16.4. The molecule has 0 aromatic heterocycles. The van der Waals surface area contributed by atoms with E-state index >= 15 is 0 Å². The van der Waals surface area contributed by atoms with Crippen molar-refractivity contribution in [3.8, 4) is 0 Å². The summed E-state index contributed by atoms with van der Waals surface area (Å²) in [6.45, 7) is 3.05. The van der Waals surface area contributed by atoms with Crippen molar-refractivity contribution in [3.05, 3.63) is 0 Å². The molecule has 0 aromatic carbocycles. The number of Topliss-reactive ketones (excluding diaryl/α,β-unsaturated/α-hetero) is 1. The van der Waals surface area contributed by atoms with Gasteiger partial charge < -0.3 is 10.4 Å². The highest BCUT2D eigenvalue weighted by Gasteiger charge is 2.18. The van der Waals surface area contributed by atoms with Gasteiger partial charge in [0.05, 0.1) is 0 Å². The molecule has 1 atom stereocenters. The molecule has 0 saturated heterocycles. The summed E-state index contributed by atoms with van der Waals surface area (Å²) in [6.07, 6.45) is 23.4. The largest absolute Gasteiger partial charge is 0.480 e. The standard InChI is InChI=1S/C26H49NO3/c1-2-3-4-5-11-14-17-25(26(29)30)27-22-15-12-9-7-6-8-10-13-16-23-18-20-24(28)21-19-23/h23,25,27H,2-22H2,1H3,(H,29,30). The van der Waals surface area contributed by atoms with Crippen LogP contribution in [-0.2, 0) is 9.59 Å². The molecule has 0 heterocycles. The third-order valence-corrected chi connectivity index (χ3v) is 6.74. The van der Waals surface area contributed by atoms with Crippen LogP contribution in [0.15, 0.2) is 0 Å². The Bertz CT molecular complexity index is 428. The number of aliphatic carboxylic acids is 1. The highest BCUT2D eigenvalue weighted by Crippen LogP contribution is 2.26. The van der Waals surface area contributed by atoms with Crippen molar-refractivity contribution in [2.75, 3.05) is 6.54 Å². The van der Waals surface area contributed by atoms with Crippen LogP contribution in [0.25, 0.3) is 0 Å². The van der Waals surface area contributed by atoms with Gasteiger partial charge in [-0.3, -0.25) is 9.59 Å². The molecule has 0 bridgehead atoms. The van der Waals surface area contributed by atoms with Gasteiger partial charge in [-0.05, 0) is 38.1 Å². The lowest BCUT2D eigenvalue weighted by atomic mass is 9.85.